The fourth-order valence-electron chi connectivity index (χ4n) is 2.14. The summed E-state index contributed by atoms with van der Waals surface area (Å²) in [5, 5.41) is 3.67. The van der Waals surface area contributed by atoms with Crippen molar-refractivity contribution in [3.8, 4) is 5.75 Å². The highest BCUT2D eigenvalue weighted by Crippen LogP contribution is 2.27. The first-order chi connectivity index (χ1) is 11.5. The normalized spacial score (nSPS) is 10.5. The molecule has 0 unspecified atom stereocenters. The van der Waals surface area contributed by atoms with Crippen LogP contribution < -0.4 is 10.1 Å². The summed E-state index contributed by atoms with van der Waals surface area (Å²) < 4.78 is 10.9. The van der Waals surface area contributed by atoms with Crippen LogP contribution in [0.1, 0.15) is 29.3 Å². The van der Waals surface area contributed by atoms with Gasteiger partial charge in [-0.2, -0.15) is 0 Å². The Kier molecular flexibility index (Phi) is 6.91. The number of nitrogens with one attached hydrogen (secondary N) is 1. The summed E-state index contributed by atoms with van der Waals surface area (Å²) in [4.78, 5) is 12.4. The fraction of sp³-hybridized carbons (Fsp3) is 0.278. The Morgan fingerprint density at radius 2 is 1.96 bits per heavy atom. The maximum absolute atomic E-state index is 12.4. The number of hydrogen-bond acceptors (Lipinski definition) is 3. The van der Waals surface area contributed by atoms with Gasteiger partial charge < -0.3 is 14.8 Å². The summed E-state index contributed by atoms with van der Waals surface area (Å²) in [6.45, 7) is 3.08. The molecule has 6 heteroatoms. The van der Waals surface area contributed by atoms with Gasteiger partial charge in [0.1, 0.15) is 5.75 Å². The van der Waals surface area contributed by atoms with Crippen molar-refractivity contribution >= 4 is 34.8 Å². The van der Waals surface area contributed by atoms with Crippen LogP contribution in [0.15, 0.2) is 36.4 Å². The van der Waals surface area contributed by atoms with E-state index in [1.165, 1.54) is 0 Å². The van der Waals surface area contributed by atoms with E-state index in [4.69, 9.17) is 32.7 Å². The Bertz CT molecular complexity index is 719. The Labute approximate surface area is 151 Å². The van der Waals surface area contributed by atoms with Crippen molar-refractivity contribution in [1.82, 2.24) is 0 Å². The molecule has 4 nitrogen and oxygen atoms in total. The molecule has 128 valence electrons. The van der Waals surface area contributed by atoms with Crippen molar-refractivity contribution in [2.24, 2.45) is 0 Å². The quantitative estimate of drug-likeness (QED) is 0.685. The molecule has 1 N–H and O–H groups in total. The maximum atomic E-state index is 12.4. The van der Waals surface area contributed by atoms with E-state index >= 15 is 0 Å². The van der Waals surface area contributed by atoms with E-state index in [1.807, 2.05) is 6.92 Å². The van der Waals surface area contributed by atoms with E-state index in [2.05, 4.69) is 5.32 Å². The first kappa shape index (κ1) is 18.6. The van der Waals surface area contributed by atoms with Gasteiger partial charge in [-0.05, 0) is 42.8 Å². The first-order valence-electron chi connectivity index (χ1n) is 7.56. The van der Waals surface area contributed by atoms with Gasteiger partial charge in [0.2, 0.25) is 0 Å². The second-order valence-electron chi connectivity index (χ2n) is 5.16. The molecule has 2 rings (SSSR count). The van der Waals surface area contributed by atoms with Crippen molar-refractivity contribution in [3.63, 3.8) is 0 Å². The van der Waals surface area contributed by atoms with Gasteiger partial charge in [-0.25, -0.2) is 0 Å². The Morgan fingerprint density at radius 3 is 2.62 bits per heavy atom. The molecule has 0 heterocycles. The molecular weight excluding hydrogens is 349 g/mol. The van der Waals surface area contributed by atoms with Gasteiger partial charge >= 0.3 is 0 Å². The summed E-state index contributed by atoms with van der Waals surface area (Å²) >= 11 is 11.9. The zero-order chi connectivity index (χ0) is 17.5. The number of benzene rings is 2. The van der Waals surface area contributed by atoms with E-state index in [0.29, 0.717) is 40.3 Å². The van der Waals surface area contributed by atoms with E-state index in [9.17, 15) is 4.79 Å². The SMILES string of the molecule is CCCOCc1cc(C(=O)Nc2ccc(Cl)cc2Cl)ccc1OC. The standard InChI is InChI=1S/C18H19Cl2NO3/c1-3-8-24-11-13-9-12(4-7-17(13)23-2)18(22)21-16-6-5-14(19)10-15(16)20/h4-7,9-10H,3,8,11H2,1-2H3,(H,21,22). The molecule has 0 atom stereocenters. The maximum Gasteiger partial charge on any atom is 0.255 e. The zero-order valence-corrected chi connectivity index (χ0v) is 15.1. The smallest absolute Gasteiger partial charge is 0.255 e. The van der Waals surface area contributed by atoms with E-state index in [-0.39, 0.29) is 5.91 Å². The monoisotopic (exact) mass is 367 g/mol. The predicted molar refractivity (Wildman–Crippen MR) is 97.4 cm³/mol. The van der Waals surface area contributed by atoms with Gasteiger partial charge in [0.25, 0.3) is 5.91 Å². The first-order valence-corrected chi connectivity index (χ1v) is 8.31. The molecule has 0 aliphatic heterocycles. The molecule has 2 aromatic carbocycles. The lowest BCUT2D eigenvalue weighted by molar-refractivity contribution is 0.102. The highest BCUT2D eigenvalue weighted by molar-refractivity contribution is 6.36. The van der Waals surface area contributed by atoms with Crippen molar-refractivity contribution in [3.05, 3.63) is 57.6 Å². The van der Waals surface area contributed by atoms with Crippen LogP contribution in [0.2, 0.25) is 10.0 Å². The highest BCUT2D eigenvalue weighted by Gasteiger charge is 2.12. The molecule has 0 spiro atoms. The second-order valence-corrected chi connectivity index (χ2v) is 6.00. The zero-order valence-electron chi connectivity index (χ0n) is 13.6. The molecule has 0 radical (unpaired) electrons. The highest BCUT2D eigenvalue weighted by atomic mass is 35.5. The molecule has 0 aliphatic rings. The molecule has 0 fully saturated rings. The van der Waals surface area contributed by atoms with Crippen molar-refractivity contribution in [2.75, 3.05) is 19.0 Å². The van der Waals surface area contributed by atoms with Gasteiger partial charge in [0, 0.05) is 22.8 Å². The second kappa shape index (κ2) is 8.92. The Balaban J connectivity index is 2.17. The third kappa shape index (κ3) is 4.87. The minimum atomic E-state index is -0.265. The van der Waals surface area contributed by atoms with Crippen LogP contribution in [-0.4, -0.2) is 19.6 Å². The van der Waals surface area contributed by atoms with Gasteiger partial charge in [-0.15, -0.1) is 0 Å². The number of methoxy groups -OCH3 is 1. The third-order valence-electron chi connectivity index (χ3n) is 3.33. The summed E-state index contributed by atoms with van der Waals surface area (Å²) in [7, 11) is 1.59. The van der Waals surface area contributed by atoms with Gasteiger partial charge in [-0.3, -0.25) is 4.79 Å². The van der Waals surface area contributed by atoms with Crippen molar-refractivity contribution in [1.29, 1.82) is 0 Å². The lowest BCUT2D eigenvalue weighted by Crippen LogP contribution is -2.13. The van der Waals surface area contributed by atoms with Crippen LogP contribution in [0, 0.1) is 0 Å². The predicted octanol–water partition coefficient (Wildman–Crippen LogP) is 5.18. The topological polar surface area (TPSA) is 47.6 Å². The van der Waals surface area contributed by atoms with Gasteiger partial charge in [0.05, 0.1) is 24.4 Å². The fourth-order valence-corrected chi connectivity index (χ4v) is 2.60. The number of ether oxygens (including phenoxy) is 2. The number of rotatable bonds is 7. The van der Waals surface area contributed by atoms with Gasteiger partial charge in [0.15, 0.2) is 0 Å². The molecule has 0 aromatic heterocycles. The molecular formula is C18H19Cl2NO3. The number of anilines is 1. The minimum absolute atomic E-state index is 0.265. The molecule has 1 amide bonds. The van der Waals surface area contributed by atoms with E-state index < -0.39 is 0 Å². The number of halogens is 2. The number of carbonyl (C=O) groups is 1. The molecule has 0 saturated carbocycles. The summed E-state index contributed by atoms with van der Waals surface area (Å²) in [5.41, 5.74) is 1.82. The van der Waals surface area contributed by atoms with Crippen LogP contribution in [-0.2, 0) is 11.3 Å². The largest absolute Gasteiger partial charge is 0.496 e. The van der Waals surface area contributed by atoms with E-state index in [0.717, 1.165) is 12.0 Å². The average Bonchev–Trinajstić information content (AvgIpc) is 2.57. The van der Waals surface area contributed by atoms with Crippen LogP contribution >= 0.6 is 23.2 Å². The van der Waals surface area contributed by atoms with Crippen molar-refractivity contribution < 1.29 is 14.3 Å². The van der Waals surface area contributed by atoms with E-state index in [1.54, 1.807) is 43.5 Å². The lowest BCUT2D eigenvalue weighted by atomic mass is 10.1. The molecule has 0 aliphatic carbocycles. The molecule has 24 heavy (non-hydrogen) atoms. The van der Waals surface area contributed by atoms with Crippen LogP contribution in [0.25, 0.3) is 0 Å². The molecule has 0 saturated heterocycles. The average molecular weight is 368 g/mol. The van der Waals surface area contributed by atoms with Crippen LogP contribution in [0.4, 0.5) is 5.69 Å². The lowest BCUT2D eigenvalue weighted by Gasteiger charge is -2.12. The van der Waals surface area contributed by atoms with Crippen molar-refractivity contribution in [2.45, 2.75) is 20.0 Å². The van der Waals surface area contributed by atoms with Crippen LogP contribution in [0.3, 0.4) is 0 Å². The summed E-state index contributed by atoms with van der Waals surface area (Å²) in [6.07, 6.45) is 0.928. The van der Waals surface area contributed by atoms with Gasteiger partial charge in [-0.1, -0.05) is 30.1 Å². The molecule has 0 bridgehead atoms. The minimum Gasteiger partial charge on any atom is -0.496 e. The van der Waals surface area contributed by atoms with Crippen LogP contribution in [0.5, 0.6) is 5.75 Å². The summed E-state index contributed by atoms with van der Waals surface area (Å²) in [5.74, 6) is 0.422. The molecule has 2 aromatic rings. The Hall–Kier alpha value is -1.75. The number of carbonyl (C=O) groups excluding carboxylic acids is 1. The number of hydrogen-bond donors (Lipinski definition) is 1. The summed E-state index contributed by atoms with van der Waals surface area (Å²) in [6, 6.07) is 10.1. The third-order valence-corrected chi connectivity index (χ3v) is 3.88. The number of amides is 1. The Morgan fingerprint density at radius 1 is 1.17 bits per heavy atom.